The normalized spacial score (nSPS) is 17.9. The second kappa shape index (κ2) is 11.6. The molecule has 1 aliphatic rings. The van der Waals surface area contributed by atoms with E-state index in [0.717, 1.165) is 5.69 Å². The predicted octanol–water partition coefficient (Wildman–Crippen LogP) is -1.29. The number of hydrogen-bond donors (Lipinski definition) is 5. The number of nitrogens with zero attached hydrogens (tertiary/aromatic N) is 2. The minimum atomic E-state index is -1.17. The van der Waals surface area contributed by atoms with Crippen molar-refractivity contribution in [3.63, 3.8) is 0 Å². The molecule has 1 aromatic rings. The summed E-state index contributed by atoms with van der Waals surface area (Å²) in [4.78, 5) is 56.9. The van der Waals surface area contributed by atoms with Crippen molar-refractivity contribution in [2.45, 2.75) is 43.8 Å². The Labute approximate surface area is 178 Å². The van der Waals surface area contributed by atoms with Crippen molar-refractivity contribution in [3.05, 3.63) is 18.2 Å². The molecule has 30 heavy (non-hydrogen) atoms. The highest BCUT2D eigenvalue weighted by atomic mass is 32.2. The van der Waals surface area contributed by atoms with Gasteiger partial charge < -0.3 is 31.4 Å². The molecule has 11 nitrogen and oxygen atoms in total. The third-order valence-corrected chi connectivity index (χ3v) is 5.45. The third kappa shape index (κ3) is 6.73. The lowest BCUT2D eigenvalue weighted by molar-refractivity contribution is -0.141. The molecule has 0 spiro atoms. The number of thioether (sulfide) groups is 1. The van der Waals surface area contributed by atoms with Crippen LogP contribution in [0, 0.1) is 0 Å². The number of aliphatic carboxylic acids is 1. The number of aromatic nitrogens is 2. The summed E-state index contributed by atoms with van der Waals surface area (Å²) in [7, 11) is 0. The van der Waals surface area contributed by atoms with E-state index >= 15 is 0 Å². The maximum atomic E-state index is 12.9. The smallest absolute Gasteiger partial charge is 0.322 e. The molecule has 3 unspecified atom stereocenters. The highest BCUT2D eigenvalue weighted by Gasteiger charge is 2.37. The van der Waals surface area contributed by atoms with Gasteiger partial charge in [-0.15, -0.1) is 0 Å². The van der Waals surface area contributed by atoms with Crippen LogP contribution in [0.5, 0.6) is 0 Å². The second-order valence-electron chi connectivity index (χ2n) is 7.03. The molecule has 6 N–H and O–H groups in total. The number of carboxylic acid groups (broad SMARTS) is 1. The van der Waals surface area contributed by atoms with Gasteiger partial charge in [-0.3, -0.25) is 19.2 Å². The van der Waals surface area contributed by atoms with Gasteiger partial charge in [0, 0.05) is 24.9 Å². The quantitative estimate of drug-likeness (QED) is 0.283. The number of rotatable bonds is 11. The van der Waals surface area contributed by atoms with Crippen LogP contribution in [0.2, 0.25) is 0 Å². The van der Waals surface area contributed by atoms with E-state index in [-0.39, 0.29) is 12.3 Å². The summed E-state index contributed by atoms with van der Waals surface area (Å²) in [5, 5.41) is 13.7. The Hall–Kier alpha value is -2.60. The molecule has 12 heteroatoms. The van der Waals surface area contributed by atoms with E-state index in [2.05, 4.69) is 20.6 Å². The Morgan fingerprint density at radius 1 is 1.43 bits per heavy atom. The molecule has 166 valence electrons. The Kier molecular flexibility index (Phi) is 9.12. The Morgan fingerprint density at radius 2 is 2.20 bits per heavy atom. The van der Waals surface area contributed by atoms with Crippen LogP contribution in [0.15, 0.2) is 12.5 Å². The first kappa shape index (κ1) is 23.7. The Morgan fingerprint density at radius 3 is 2.83 bits per heavy atom. The van der Waals surface area contributed by atoms with Gasteiger partial charge in [0.1, 0.15) is 18.6 Å². The maximum Gasteiger partial charge on any atom is 0.322 e. The van der Waals surface area contributed by atoms with Gasteiger partial charge in [0.25, 0.3) is 0 Å². The van der Waals surface area contributed by atoms with E-state index < -0.39 is 42.5 Å². The van der Waals surface area contributed by atoms with E-state index in [0.29, 0.717) is 31.6 Å². The van der Waals surface area contributed by atoms with Gasteiger partial charge in [-0.1, -0.05) is 0 Å². The first-order valence-electron chi connectivity index (χ1n) is 9.65. The number of imidazole rings is 1. The van der Waals surface area contributed by atoms with Crippen molar-refractivity contribution in [1.29, 1.82) is 0 Å². The van der Waals surface area contributed by atoms with Gasteiger partial charge in [0.15, 0.2) is 0 Å². The summed E-state index contributed by atoms with van der Waals surface area (Å²) >= 11 is 1.51. The van der Waals surface area contributed by atoms with Crippen LogP contribution in [-0.4, -0.2) is 86.9 Å². The zero-order chi connectivity index (χ0) is 22.1. The molecule has 2 rings (SSSR count). The molecule has 1 aromatic heterocycles. The van der Waals surface area contributed by atoms with E-state index in [1.165, 1.54) is 23.0 Å². The van der Waals surface area contributed by atoms with Crippen LogP contribution in [0.4, 0.5) is 0 Å². The van der Waals surface area contributed by atoms with Crippen molar-refractivity contribution in [1.82, 2.24) is 25.5 Å². The van der Waals surface area contributed by atoms with Crippen molar-refractivity contribution in [2.75, 3.05) is 25.1 Å². The first-order valence-corrected chi connectivity index (χ1v) is 11.0. The summed E-state index contributed by atoms with van der Waals surface area (Å²) in [6, 6.07) is -2.40. The minimum absolute atomic E-state index is 0.275. The standard InChI is InChI=1S/C18H28N6O5S/c1-30-6-4-13(16(27)21-9-15(25)26)23-17(28)14-3-2-5-24(14)18(29)12(19)7-11-8-20-10-22-11/h8,10,12-14H,2-7,9,19H2,1H3,(H,20,22)(H,21,27)(H,23,28)(H,25,26). The van der Waals surface area contributed by atoms with E-state index in [1.807, 2.05) is 6.26 Å². The minimum Gasteiger partial charge on any atom is -0.480 e. The Bertz CT molecular complexity index is 743. The highest BCUT2D eigenvalue weighted by Crippen LogP contribution is 2.19. The molecule has 0 aromatic carbocycles. The monoisotopic (exact) mass is 440 g/mol. The number of aromatic amines is 1. The van der Waals surface area contributed by atoms with Crippen LogP contribution in [0.25, 0.3) is 0 Å². The van der Waals surface area contributed by atoms with Gasteiger partial charge >= 0.3 is 5.97 Å². The zero-order valence-corrected chi connectivity index (χ0v) is 17.6. The number of carbonyl (C=O) groups excluding carboxylic acids is 3. The summed E-state index contributed by atoms with van der Waals surface area (Å²) < 4.78 is 0. The van der Waals surface area contributed by atoms with Crippen LogP contribution in [0.3, 0.4) is 0 Å². The van der Waals surface area contributed by atoms with Crippen molar-refractivity contribution in [2.24, 2.45) is 5.73 Å². The lowest BCUT2D eigenvalue weighted by atomic mass is 10.1. The van der Waals surface area contributed by atoms with Gasteiger partial charge in [-0.05, 0) is 31.3 Å². The van der Waals surface area contributed by atoms with Gasteiger partial charge in [-0.25, -0.2) is 4.98 Å². The molecular weight excluding hydrogens is 412 g/mol. The zero-order valence-electron chi connectivity index (χ0n) is 16.8. The van der Waals surface area contributed by atoms with E-state index in [4.69, 9.17) is 10.8 Å². The number of likely N-dealkylation sites (tertiary alicyclic amines) is 1. The fourth-order valence-corrected chi connectivity index (χ4v) is 3.77. The summed E-state index contributed by atoms with van der Waals surface area (Å²) in [6.07, 6.45) is 6.71. The SMILES string of the molecule is CSCCC(NC(=O)C1CCCN1C(=O)C(N)Cc1cnc[nH]1)C(=O)NCC(=O)O. The average Bonchev–Trinajstić information content (AvgIpc) is 3.40. The molecule has 0 saturated carbocycles. The molecule has 0 aliphatic carbocycles. The van der Waals surface area contributed by atoms with Crippen LogP contribution >= 0.6 is 11.8 Å². The lowest BCUT2D eigenvalue weighted by Crippen LogP contribution is -2.55. The van der Waals surface area contributed by atoms with Gasteiger partial charge in [0.2, 0.25) is 17.7 Å². The van der Waals surface area contributed by atoms with Gasteiger partial charge in [-0.2, -0.15) is 11.8 Å². The Balaban J connectivity index is 2.00. The van der Waals surface area contributed by atoms with Crippen molar-refractivity contribution < 1.29 is 24.3 Å². The van der Waals surface area contributed by atoms with E-state index in [1.54, 1.807) is 6.20 Å². The number of hydrogen-bond acceptors (Lipinski definition) is 7. The van der Waals surface area contributed by atoms with Crippen LogP contribution in [-0.2, 0) is 25.6 Å². The average molecular weight is 441 g/mol. The topological polar surface area (TPSA) is 171 Å². The number of nitrogens with one attached hydrogen (secondary N) is 3. The third-order valence-electron chi connectivity index (χ3n) is 4.81. The molecule has 0 radical (unpaired) electrons. The number of carbonyl (C=O) groups is 4. The highest BCUT2D eigenvalue weighted by molar-refractivity contribution is 7.98. The van der Waals surface area contributed by atoms with E-state index in [9.17, 15) is 19.2 Å². The van der Waals surface area contributed by atoms with Gasteiger partial charge in [0.05, 0.1) is 12.4 Å². The largest absolute Gasteiger partial charge is 0.480 e. The molecule has 1 saturated heterocycles. The maximum absolute atomic E-state index is 12.9. The molecule has 3 atom stereocenters. The molecular formula is C18H28N6O5S. The summed E-state index contributed by atoms with van der Waals surface area (Å²) in [5.41, 5.74) is 6.77. The number of amides is 3. The number of nitrogens with two attached hydrogens (primary N) is 1. The molecule has 1 aliphatic heterocycles. The van der Waals surface area contributed by atoms with Crippen molar-refractivity contribution in [3.8, 4) is 0 Å². The predicted molar refractivity (Wildman–Crippen MR) is 111 cm³/mol. The molecule has 0 bridgehead atoms. The lowest BCUT2D eigenvalue weighted by Gasteiger charge is -2.28. The van der Waals surface area contributed by atoms with Crippen molar-refractivity contribution >= 4 is 35.5 Å². The molecule has 2 heterocycles. The number of H-pyrrole nitrogens is 1. The molecule has 1 fully saturated rings. The fraction of sp³-hybridized carbons (Fsp3) is 0.611. The van der Waals surface area contributed by atoms with Crippen LogP contribution < -0.4 is 16.4 Å². The molecule has 3 amide bonds. The first-order chi connectivity index (χ1) is 14.3. The fourth-order valence-electron chi connectivity index (χ4n) is 3.29. The summed E-state index contributed by atoms with van der Waals surface area (Å²) in [6.45, 7) is -0.116. The number of carboxylic acids is 1. The summed E-state index contributed by atoms with van der Waals surface area (Å²) in [5.74, 6) is -1.90. The second-order valence-corrected chi connectivity index (χ2v) is 8.02. The van der Waals surface area contributed by atoms with Crippen LogP contribution in [0.1, 0.15) is 25.0 Å².